The number of rotatable bonds is 5. The van der Waals surface area contributed by atoms with Crippen LogP contribution in [-0.4, -0.2) is 37.7 Å². The number of carbonyl (C=O) groups is 2. The quantitative estimate of drug-likeness (QED) is 0.304. The Labute approximate surface area is 210 Å². The lowest BCUT2D eigenvalue weighted by Crippen LogP contribution is -2.29. The van der Waals surface area contributed by atoms with Crippen LogP contribution in [0.25, 0.3) is 5.76 Å². The maximum Gasteiger partial charge on any atom is 0.300 e. The highest BCUT2D eigenvalue weighted by Crippen LogP contribution is 2.44. The maximum absolute atomic E-state index is 13.4. The number of ketones is 1. The van der Waals surface area contributed by atoms with Crippen molar-refractivity contribution in [2.24, 2.45) is 0 Å². The SMILES string of the molecule is CC(C)c1ccc(C2/C(=C(/O)c3ccc4c(c3)OCO4)C(=O)C(=O)N2c2ccc(N(C)C)cc2)cc1. The van der Waals surface area contributed by atoms with Gasteiger partial charge in [-0.15, -0.1) is 0 Å². The lowest BCUT2D eigenvalue weighted by Gasteiger charge is -2.26. The van der Waals surface area contributed by atoms with Crippen LogP contribution < -0.4 is 19.3 Å². The van der Waals surface area contributed by atoms with Gasteiger partial charge in [-0.3, -0.25) is 14.5 Å². The Morgan fingerprint density at radius 3 is 2.25 bits per heavy atom. The van der Waals surface area contributed by atoms with E-state index in [4.69, 9.17) is 9.47 Å². The summed E-state index contributed by atoms with van der Waals surface area (Å²) >= 11 is 0. The van der Waals surface area contributed by atoms with E-state index in [2.05, 4.69) is 13.8 Å². The Bertz CT molecular complexity index is 1360. The third kappa shape index (κ3) is 3.96. The van der Waals surface area contributed by atoms with Gasteiger partial charge in [-0.2, -0.15) is 0 Å². The minimum Gasteiger partial charge on any atom is -0.507 e. The number of hydrogen-bond donors (Lipinski definition) is 1. The van der Waals surface area contributed by atoms with Crippen molar-refractivity contribution in [3.63, 3.8) is 0 Å². The molecule has 0 radical (unpaired) electrons. The monoisotopic (exact) mass is 484 g/mol. The summed E-state index contributed by atoms with van der Waals surface area (Å²) in [5.41, 5.74) is 3.83. The van der Waals surface area contributed by atoms with E-state index < -0.39 is 17.7 Å². The van der Waals surface area contributed by atoms with Gasteiger partial charge >= 0.3 is 0 Å². The zero-order chi connectivity index (χ0) is 25.6. The number of benzene rings is 3. The van der Waals surface area contributed by atoms with Gasteiger partial charge in [0.2, 0.25) is 6.79 Å². The van der Waals surface area contributed by atoms with E-state index in [1.165, 1.54) is 4.90 Å². The number of anilines is 2. The maximum atomic E-state index is 13.4. The first-order valence-corrected chi connectivity index (χ1v) is 11.8. The van der Waals surface area contributed by atoms with Crippen molar-refractivity contribution in [1.29, 1.82) is 0 Å². The Hall–Kier alpha value is -4.26. The summed E-state index contributed by atoms with van der Waals surface area (Å²) in [5, 5.41) is 11.4. The van der Waals surface area contributed by atoms with E-state index in [0.29, 0.717) is 28.7 Å². The Kier molecular flexibility index (Phi) is 5.92. The molecule has 1 unspecified atom stereocenters. The Balaban J connectivity index is 1.66. The number of hydrogen-bond acceptors (Lipinski definition) is 6. The summed E-state index contributed by atoms with van der Waals surface area (Å²) in [6.45, 7) is 4.30. The second kappa shape index (κ2) is 9.07. The minimum atomic E-state index is -0.790. The van der Waals surface area contributed by atoms with Crippen molar-refractivity contribution in [2.75, 3.05) is 30.7 Å². The van der Waals surface area contributed by atoms with Crippen molar-refractivity contribution in [1.82, 2.24) is 0 Å². The summed E-state index contributed by atoms with van der Waals surface area (Å²) < 4.78 is 10.8. The van der Waals surface area contributed by atoms with Crippen LogP contribution in [0, 0.1) is 0 Å². The molecule has 0 saturated carbocycles. The molecule has 0 bridgehead atoms. The fourth-order valence-electron chi connectivity index (χ4n) is 4.59. The van der Waals surface area contributed by atoms with Crippen molar-refractivity contribution >= 4 is 28.8 Å². The summed E-state index contributed by atoms with van der Waals surface area (Å²) in [6, 6.07) is 19.4. The molecule has 0 aromatic heterocycles. The normalized spacial score (nSPS) is 18.2. The van der Waals surface area contributed by atoms with Crippen LogP contribution in [0.2, 0.25) is 0 Å². The lowest BCUT2D eigenvalue weighted by molar-refractivity contribution is -0.132. The molecule has 36 heavy (non-hydrogen) atoms. The molecule has 2 aliphatic heterocycles. The second-order valence-electron chi connectivity index (χ2n) is 9.47. The van der Waals surface area contributed by atoms with Gasteiger partial charge in [-0.05, 0) is 59.5 Å². The molecule has 1 fully saturated rings. The van der Waals surface area contributed by atoms with E-state index >= 15 is 0 Å². The topological polar surface area (TPSA) is 79.3 Å². The Morgan fingerprint density at radius 1 is 0.944 bits per heavy atom. The van der Waals surface area contributed by atoms with Crippen LogP contribution in [0.15, 0.2) is 72.3 Å². The van der Waals surface area contributed by atoms with E-state index in [9.17, 15) is 14.7 Å². The molecule has 2 aliphatic rings. The zero-order valence-electron chi connectivity index (χ0n) is 20.7. The molecule has 2 heterocycles. The number of amides is 1. The molecule has 1 N–H and O–H groups in total. The molecular formula is C29H28N2O5. The predicted octanol–water partition coefficient (Wildman–Crippen LogP) is 5.23. The molecule has 0 spiro atoms. The van der Waals surface area contributed by atoms with Crippen LogP contribution >= 0.6 is 0 Å². The average Bonchev–Trinajstić information content (AvgIpc) is 3.45. The number of carbonyl (C=O) groups excluding carboxylic acids is 2. The fourth-order valence-corrected chi connectivity index (χ4v) is 4.59. The number of Topliss-reactive ketones (excluding diaryl/α,β-unsaturated/α-hetero) is 1. The van der Waals surface area contributed by atoms with Crippen LogP contribution in [0.1, 0.15) is 42.5 Å². The van der Waals surface area contributed by atoms with Crippen LogP contribution in [0.5, 0.6) is 11.5 Å². The average molecular weight is 485 g/mol. The van der Waals surface area contributed by atoms with Gasteiger partial charge in [0, 0.05) is 31.0 Å². The number of aliphatic hydroxyl groups is 1. The number of nitrogens with zero attached hydrogens (tertiary/aromatic N) is 2. The van der Waals surface area contributed by atoms with E-state index in [1.54, 1.807) is 18.2 Å². The predicted molar refractivity (Wildman–Crippen MR) is 139 cm³/mol. The standard InChI is InChI=1S/C29H28N2O5/c1-17(2)18-5-7-19(8-6-18)26-25(27(32)20-9-14-23-24(15-20)36-16-35-23)28(33)29(34)31(26)22-12-10-21(11-13-22)30(3)4/h5-15,17,26,32H,16H2,1-4H3/b27-25-. The molecule has 7 heteroatoms. The zero-order valence-corrected chi connectivity index (χ0v) is 20.7. The van der Waals surface area contributed by atoms with Crippen LogP contribution in [0.4, 0.5) is 11.4 Å². The summed E-state index contributed by atoms with van der Waals surface area (Å²) in [5.74, 6) is -0.304. The molecule has 1 atom stereocenters. The van der Waals surface area contributed by atoms with Crippen LogP contribution in [0.3, 0.4) is 0 Å². The van der Waals surface area contributed by atoms with Gasteiger partial charge in [-0.25, -0.2) is 0 Å². The minimum absolute atomic E-state index is 0.0350. The lowest BCUT2D eigenvalue weighted by atomic mass is 9.93. The van der Waals surface area contributed by atoms with Crippen molar-refractivity contribution in [3.05, 3.63) is 89.0 Å². The number of ether oxygens (including phenoxy) is 2. The molecule has 7 nitrogen and oxygen atoms in total. The smallest absolute Gasteiger partial charge is 0.300 e. The molecular weight excluding hydrogens is 456 g/mol. The third-order valence-electron chi connectivity index (χ3n) is 6.65. The van der Waals surface area contributed by atoms with Gasteiger partial charge < -0.3 is 19.5 Å². The van der Waals surface area contributed by atoms with Crippen molar-refractivity contribution in [3.8, 4) is 11.5 Å². The van der Waals surface area contributed by atoms with Gasteiger partial charge in [0.15, 0.2) is 11.5 Å². The molecule has 184 valence electrons. The van der Waals surface area contributed by atoms with Gasteiger partial charge in [0.1, 0.15) is 5.76 Å². The van der Waals surface area contributed by atoms with Crippen LogP contribution in [-0.2, 0) is 9.59 Å². The van der Waals surface area contributed by atoms with Crippen molar-refractivity contribution in [2.45, 2.75) is 25.8 Å². The third-order valence-corrected chi connectivity index (χ3v) is 6.65. The van der Waals surface area contributed by atoms with E-state index in [-0.39, 0.29) is 18.1 Å². The first-order chi connectivity index (χ1) is 17.3. The highest BCUT2D eigenvalue weighted by atomic mass is 16.7. The van der Waals surface area contributed by atoms with Gasteiger partial charge in [0.25, 0.3) is 11.7 Å². The second-order valence-corrected chi connectivity index (χ2v) is 9.47. The first-order valence-electron chi connectivity index (χ1n) is 11.8. The summed E-state index contributed by atoms with van der Waals surface area (Å²) in [4.78, 5) is 30.2. The van der Waals surface area contributed by atoms with Crippen molar-refractivity contribution < 1.29 is 24.2 Å². The summed E-state index contributed by atoms with van der Waals surface area (Å²) in [6.07, 6.45) is 0. The first kappa shape index (κ1) is 23.5. The summed E-state index contributed by atoms with van der Waals surface area (Å²) in [7, 11) is 3.87. The molecule has 0 aliphatic carbocycles. The van der Waals surface area contributed by atoms with Gasteiger partial charge in [0.05, 0.1) is 11.6 Å². The number of aliphatic hydroxyl groups excluding tert-OH is 1. The molecule has 3 aromatic carbocycles. The van der Waals surface area contributed by atoms with Gasteiger partial charge in [-0.1, -0.05) is 38.1 Å². The highest BCUT2D eigenvalue weighted by molar-refractivity contribution is 6.51. The molecule has 5 rings (SSSR count). The largest absolute Gasteiger partial charge is 0.507 e. The van der Waals surface area contributed by atoms with E-state index in [1.807, 2.05) is 67.5 Å². The number of fused-ring (bicyclic) bond motifs is 1. The fraction of sp³-hybridized carbons (Fsp3) is 0.241. The van der Waals surface area contributed by atoms with E-state index in [0.717, 1.165) is 16.8 Å². The molecule has 1 amide bonds. The molecule has 3 aromatic rings. The molecule has 1 saturated heterocycles. The Morgan fingerprint density at radius 2 is 1.61 bits per heavy atom. The highest BCUT2D eigenvalue weighted by Gasteiger charge is 2.47.